The van der Waals surface area contributed by atoms with Crippen molar-refractivity contribution >= 4 is 11.0 Å². The molecule has 1 N–H and O–H groups in total. The Hall–Kier alpha value is -6.35. The van der Waals surface area contributed by atoms with Gasteiger partial charge in [0.15, 0.2) is 0 Å². The minimum atomic E-state index is -3.82. The monoisotopic (exact) mass is 1030 g/mol. The van der Waals surface area contributed by atoms with Crippen molar-refractivity contribution in [2.24, 2.45) is 0 Å². The Morgan fingerprint density at radius 1 is 0.625 bits per heavy atom. The fraction of sp³-hybridized carbons (Fsp3) is 0.186. The van der Waals surface area contributed by atoms with E-state index in [2.05, 4.69) is 56.1 Å². The van der Waals surface area contributed by atoms with Gasteiger partial charge in [0, 0.05) is 52.2 Å². The number of phenols is 1. The van der Waals surface area contributed by atoms with Crippen LogP contribution in [0.1, 0.15) is 96.9 Å². The van der Waals surface area contributed by atoms with Crippen LogP contribution < -0.4 is 0 Å². The average molecular weight is 1030 g/mol. The molecule has 0 aliphatic carbocycles. The van der Waals surface area contributed by atoms with Gasteiger partial charge in [-0.1, -0.05) is 187 Å². The third kappa shape index (κ3) is 8.77. The SMILES string of the molecule is [2H]c1c([2H])c(C(C([2H])([2H])[2H])(C([2H])([2H])[2H])C([2H])([2H])[2H])c([2H])c([2H])c1-c1ccnc(-c2[c-]c(-c3cccc4c3nc(-c3ccccc3O)n4-c3ccc(C([2H])(C)C)cc3-c3ccc(C(C)(C)C)cc3)cc(-c3ccccc3)c2)c1.[Pt]. The van der Waals surface area contributed by atoms with E-state index in [-0.39, 0.29) is 49.1 Å². The van der Waals surface area contributed by atoms with E-state index in [1.807, 2.05) is 103 Å². The number of para-hydroxylation sites is 2. The molecule has 2 aromatic heterocycles. The van der Waals surface area contributed by atoms with Crippen LogP contribution in [0.25, 0.3) is 83.9 Å². The molecule has 0 fully saturated rings. The second-order valence-electron chi connectivity index (χ2n) is 17.0. The summed E-state index contributed by atoms with van der Waals surface area (Å²) in [6.07, 6.45) is 1.40. The Labute approximate surface area is 412 Å². The van der Waals surface area contributed by atoms with Gasteiger partial charge in [0.2, 0.25) is 0 Å². The Morgan fingerprint density at radius 2 is 1.33 bits per heavy atom. The Kier molecular flexibility index (Phi) is 8.26. The third-order valence-corrected chi connectivity index (χ3v) is 11.3. The summed E-state index contributed by atoms with van der Waals surface area (Å²) in [6, 6.07) is 43.2. The van der Waals surface area contributed by atoms with Crippen molar-refractivity contribution < 1.29 is 45.4 Å². The van der Waals surface area contributed by atoms with Crippen LogP contribution in [0.4, 0.5) is 0 Å². The number of nitrogens with zero attached hydrogens (tertiary/aromatic N) is 3. The summed E-state index contributed by atoms with van der Waals surface area (Å²) in [5, 5.41) is 11.5. The molecule has 322 valence electrons. The summed E-state index contributed by atoms with van der Waals surface area (Å²) in [6.45, 7) is -1.29. The van der Waals surface area contributed by atoms with E-state index in [1.54, 1.807) is 18.2 Å². The predicted molar refractivity (Wildman–Crippen MR) is 263 cm³/mol. The molecule has 0 aliphatic rings. The smallest absolute Gasteiger partial charge is 0.148 e. The first kappa shape index (κ1) is 29.9. The van der Waals surface area contributed by atoms with Crippen LogP contribution in [0.2, 0.25) is 0 Å². The van der Waals surface area contributed by atoms with E-state index in [4.69, 9.17) is 24.2 Å². The number of hydrogen-bond acceptors (Lipinski definition) is 3. The van der Waals surface area contributed by atoms with E-state index in [1.165, 1.54) is 18.3 Å². The van der Waals surface area contributed by atoms with Crippen molar-refractivity contribution in [2.75, 3.05) is 0 Å². The van der Waals surface area contributed by atoms with Crippen LogP contribution >= 0.6 is 0 Å². The standard InChI is InChI=1S/C59H54N3O.Pt/c1-38(2)42-25-30-53(51(36-42)41-23-28-48(29-24-41)59(6,7)8)62-54-19-14-18-49(56(54)61-57(62)50-17-12-13-20-55(50)63)45-33-44(39-15-10-9-11-16-39)34-46(35-45)52-37-43(31-32-60-52)40-21-26-47(27-22-40)58(3,4)5;/h9-34,36-38,63H,1-8H3;/q-1;/i3D3,4D3,5D3,21D,22D,26D,27D,38D;. The Morgan fingerprint density at radius 3 is 2.03 bits per heavy atom. The van der Waals surface area contributed by atoms with Crippen molar-refractivity contribution in [1.29, 1.82) is 0 Å². The molecule has 7 aromatic carbocycles. The van der Waals surface area contributed by atoms with Crippen LogP contribution in [0.5, 0.6) is 5.75 Å². The van der Waals surface area contributed by atoms with E-state index >= 15 is 0 Å². The molecule has 2 heterocycles. The molecular weight excluding hydrogens is 962 g/mol. The van der Waals surface area contributed by atoms with Crippen LogP contribution in [0.3, 0.4) is 0 Å². The molecule has 9 rings (SSSR count). The molecule has 5 heteroatoms. The van der Waals surface area contributed by atoms with E-state index in [0.29, 0.717) is 39.1 Å². The van der Waals surface area contributed by atoms with Gasteiger partial charge in [-0.25, -0.2) is 4.98 Å². The van der Waals surface area contributed by atoms with Crippen LogP contribution in [-0.4, -0.2) is 19.6 Å². The number of benzene rings is 7. The summed E-state index contributed by atoms with van der Waals surface area (Å²) >= 11 is 0. The molecule has 0 bridgehead atoms. The summed E-state index contributed by atoms with van der Waals surface area (Å²) in [7, 11) is 0. The normalized spacial score (nSPS) is 15.8. The first-order valence-electron chi connectivity index (χ1n) is 27.7. The topological polar surface area (TPSA) is 50.9 Å². The van der Waals surface area contributed by atoms with Crippen LogP contribution in [0, 0.1) is 6.07 Å². The molecule has 0 saturated carbocycles. The summed E-state index contributed by atoms with van der Waals surface area (Å²) in [4.78, 5) is 10.0. The van der Waals surface area contributed by atoms with Gasteiger partial charge in [-0.2, -0.15) is 0 Å². The number of imidazole rings is 1. The number of aromatic hydroxyl groups is 1. The van der Waals surface area contributed by atoms with E-state index in [0.717, 1.165) is 39.1 Å². The van der Waals surface area contributed by atoms with Crippen LogP contribution in [-0.2, 0) is 31.9 Å². The van der Waals surface area contributed by atoms with Gasteiger partial charge in [-0.05, 0) is 92.1 Å². The van der Waals surface area contributed by atoms with Crippen molar-refractivity contribution in [1.82, 2.24) is 14.5 Å². The van der Waals surface area contributed by atoms with Crippen molar-refractivity contribution in [3.05, 3.63) is 193 Å². The van der Waals surface area contributed by atoms with Crippen molar-refractivity contribution in [2.45, 2.75) is 71.9 Å². The Bertz CT molecular complexity index is 3680. The maximum absolute atomic E-state index is 11.5. The average Bonchev–Trinajstić information content (AvgIpc) is 2.52. The number of phenolic OH excluding ortho intramolecular Hbond substituents is 1. The molecule has 0 aliphatic heterocycles. The predicted octanol–water partition coefficient (Wildman–Crippen LogP) is 15.6. The van der Waals surface area contributed by atoms with Crippen LogP contribution in [0.15, 0.2) is 170 Å². The zero-order valence-electron chi connectivity index (χ0n) is 50.0. The van der Waals surface area contributed by atoms with Gasteiger partial charge in [-0.15, -0.1) is 23.8 Å². The summed E-state index contributed by atoms with van der Waals surface area (Å²) in [5.74, 6) is -0.470. The third-order valence-electron chi connectivity index (χ3n) is 11.3. The van der Waals surface area contributed by atoms with Crippen molar-refractivity contribution in [3.8, 4) is 78.6 Å². The minimum Gasteiger partial charge on any atom is -0.507 e. The molecule has 0 unspecified atom stereocenters. The first-order valence-corrected chi connectivity index (χ1v) is 20.7. The zero-order chi connectivity index (χ0) is 55.9. The molecule has 9 aromatic rings. The molecule has 0 spiro atoms. The van der Waals surface area contributed by atoms with Gasteiger partial charge >= 0.3 is 0 Å². The van der Waals surface area contributed by atoms with Gasteiger partial charge in [0.05, 0.1) is 27.8 Å². The largest absolute Gasteiger partial charge is 0.507 e. The van der Waals surface area contributed by atoms with Gasteiger partial charge in [-0.3, -0.25) is 9.55 Å². The number of rotatable bonds is 8. The molecule has 0 saturated heterocycles. The quantitative estimate of drug-likeness (QED) is 0.154. The maximum atomic E-state index is 11.5. The maximum Gasteiger partial charge on any atom is 0.148 e. The first-order chi connectivity index (χ1) is 36.0. The van der Waals surface area contributed by atoms with Crippen molar-refractivity contribution in [3.63, 3.8) is 0 Å². The number of hydrogen-bond donors (Lipinski definition) is 1. The number of aromatic nitrogens is 3. The zero-order valence-corrected chi connectivity index (χ0v) is 38.2. The fourth-order valence-corrected chi connectivity index (χ4v) is 7.85. The van der Waals surface area contributed by atoms with Gasteiger partial charge in [0.1, 0.15) is 11.6 Å². The minimum absolute atomic E-state index is 0. The molecule has 0 amide bonds. The van der Waals surface area contributed by atoms with E-state index < -0.39 is 61.6 Å². The molecule has 0 radical (unpaired) electrons. The second kappa shape index (κ2) is 17.7. The second-order valence-corrected chi connectivity index (χ2v) is 17.0. The molecule has 0 atom stereocenters. The molecular formula is C59H54N3OPt-. The fourth-order valence-electron chi connectivity index (χ4n) is 7.85. The number of pyridine rings is 1. The number of fused-ring (bicyclic) bond motifs is 1. The van der Waals surface area contributed by atoms with E-state index in [9.17, 15) is 5.11 Å². The molecule has 64 heavy (non-hydrogen) atoms. The summed E-state index contributed by atoms with van der Waals surface area (Å²) < 4.78 is 122. The molecule has 4 nitrogen and oxygen atoms in total. The van der Waals surface area contributed by atoms with Gasteiger partial charge in [0.25, 0.3) is 0 Å². The summed E-state index contributed by atoms with van der Waals surface area (Å²) in [5.41, 5.74) is 4.39. The van der Waals surface area contributed by atoms with Gasteiger partial charge < -0.3 is 5.11 Å². The Balaban J connectivity index is 0.00000803.